The third-order valence-electron chi connectivity index (χ3n) is 4.35. The highest BCUT2D eigenvalue weighted by atomic mass is 127. The topological polar surface area (TPSA) is 83.1 Å². The van der Waals surface area contributed by atoms with E-state index in [4.69, 9.17) is 4.74 Å². The standard InChI is InChI=1S/C16H22IN5O2S/c1-4-10-13(17)21-14(19-10)15(23)20-11-5-6-22(7-12(11)24-3)16-18-9(2)8-25-16/h8,11-12H,4-7H2,1-3H3,(H,19,21)(H,20,23)/t11?,12-/m0/s1. The number of imidazole rings is 1. The number of halogens is 1. The SMILES string of the molecule is CCc1[nH]c(C(=O)NC2CCN(c3nc(C)cs3)C[C@@H]2OC)nc1I. The maximum absolute atomic E-state index is 12.5. The van der Waals surface area contributed by atoms with Gasteiger partial charge in [0.25, 0.3) is 5.91 Å². The average molecular weight is 475 g/mol. The summed E-state index contributed by atoms with van der Waals surface area (Å²) in [6, 6.07) is -0.0392. The van der Waals surface area contributed by atoms with Gasteiger partial charge in [0.2, 0.25) is 0 Å². The number of piperidine rings is 1. The Morgan fingerprint density at radius 3 is 2.96 bits per heavy atom. The second kappa shape index (κ2) is 8.00. The molecule has 2 atom stereocenters. The van der Waals surface area contributed by atoms with E-state index in [0.717, 1.165) is 39.6 Å². The van der Waals surface area contributed by atoms with Gasteiger partial charge in [0.15, 0.2) is 11.0 Å². The first-order valence-corrected chi connectivity index (χ1v) is 10.2. The van der Waals surface area contributed by atoms with E-state index >= 15 is 0 Å². The maximum atomic E-state index is 12.5. The molecule has 0 spiro atoms. The number of aromatic amines is 1. The number of thiazole rings is 1. The Morgan fingerprint density at radius 1 is 1.56 bits per heavy atom. The normalized spacial score (nSPS) is 20.7. The monoisotopic (exact) mass is 475 g/mol. The molecule has 2 aromatic heterocycles. The smallest absolute Gasteiger partial charge is 0.287 e. The minimum Gasteiger partial charge on any atom is -0.377 e. The summed E-state index contributed by atoms with van der Waals surface area (Å²) >= 11 is 3.79. The van der Waals surface area contributed by atoms with Crippen molar-refractivity contribution in [3.63, 3.8) is 0 Å². The highest BCUT2D eigenvalue weighted by Gasteiger charge is 2.32. The first kappa shape index (κ1) is 18.6. The summed E-state index contributed by atoms with van der Waals surface area (Å²) in [5.74, 6) is 0.192. The molecule has 25 heavy (non-hydrogen) atoms. The number of methoxy groups -OCH3 is 1. The van der Waals surface area contributed by atoms with Gasteiger partial charge in [0, 0.05) is 31.3 Å². The van der Waals surface area contributed by atoms with E-state index in [-0.39, 0.29) is 18.1 Å². The molecule has 2 N–H and O–H groups in total. The minimum atomic E-state index is -0.178. The number of ether oxygens (including phenoxy) is 1. The summed E-state index contributed by atoms with van der Waals surface area (Å²) in [5.41, 5.74) is 2.02. The van der Waals surface area contributed by atoms with Crippen LogP contribution in [0.15, 0.2) is 5.38 Å². The van der Waals surface area contributed by atoms with E-state index in [1.165, 1.54) is 0 Å². The predicted octanol–water partition coefficient (Wildman–Crippen LogP) is 2.37. The number of H-pyrrole nitrogens is 1. The predicted molar refractivity (Wildman–Crippen MR) is 106 cm³/mol. The maximum Gasteiger partial charge on any atom is 0.287 e. The highest BCUT2D eigenvalue weighted by Crippen LogP contribution is 2.25. The van der Waals surface area contributed by atoms with Gasteiger partial charge in [-0.3, -0.25) is 4.79 Å². The number of hydrogen-bond acceptors (Lipinski definition) is 6. The Labute approximate surface area is 164 Å². The third kappa shape index (κ3) is 4.14. The lowest BCUT2D eigenvalue weighted by atomic mass is 10.0. The van der Waals surface area contributed by atoms with Gasteiger partial charge in [-0.2, -0.15) is 0 Å². The van der Waals surface area contributed by atoms with Crippen LogP contribution in [0.4, 0.5) is 5.13 Å². The van der Waals surface area contributed by atoms with Gasteiger partial charge in [0.1, 0.15) is 3.70 Å². The molecule has 1 amide bonds. The van der Waals surface area contributed by atoms with Crippen LogP contribution in [0.1, 0.15) is 35.4 Å². The largest absolute Gasteiger partial charge is 0.377 e. The average Bonchev–Trinajstić information content (AvgIpc) is 3.20. The molecule has 0 aliphatic carbocycles. The van der Waals surface area contributed by atoms with Gasteiger partial charge < -0.3 is 19.9 Å². The van der Waals surface area contributed by atoms with Gasteiger partial charge in [-0.15, -0.1) is 11.3 Å². The number of carbonyl (C=O) groups excluding carboxylic acids is 1. The van der Waals surface area contributed by atoms with Gasteiger partial charge in [-0.05, 0) is 42.4 Å². The van der Waals surface area contributed by atoms with Crippen LogP contribution >= 0.6 is 33.9 Å². The summed E-state index contributed by atoms with van der Waals surface area (Å²) in [6.45, 7) is 5.59. The zero-order valence-corrected chi connectivity index (χ0v) is 17.5. The number of nitrogens with zero attached hydrogens (tertiary/aromatic N) is 3. The lowest BCUT2D eigenvalue weighted by Crippen LogP contribution is -2.55. The van der Waals surface area contributed by atoms with Crippen molar-refractivity contribution in [2.75, 3.05) is 25.1 Å². The molecular formula is C16H22IN5O2S. The number of amides is 1. The zero-order chi connectivity index (χ0) is 18.0. The Bertz CT molecular complexity index is 747. The summed E-state index contributed by atoms with van der Waals surface area (Å²) in [7, 11) is 1.69. The van der Waals surface area contributed by atoms with Crippen LogP contribution in [0.5, 0.6) is 0 Å². The van der Waals surface area contributed by atoms with Crippen molar-refractivity contribution in [3.05, 3.63) is 26.3 Å². The first-order valence-electron chi connectivity index (χ1n) is 8.27. The van der Waals surface area contributed by atoms with Crippen molar-refractivity contribution in [3.8, 4) is 0 Å². The summed E-state index contributed by atoms with van der Waals surface area (Å²) in [6.07, 6.45) is 1.55. The third-order valence-corrected chi connectivity index (χ3v) is 6.26. The number of aromatic nitrogens is 3. The van der Waals surface area contributed by atoms with Crippen molar-refractivity contribution in [1.82, 2.24) is 20.3 Å². The fourth-order valence-corrected chi connectivity index (χ4v) is 4.55. The van der Waals surface area contributed by atoms with Crippen molar-refractivity contribution in [1.29, 1.82) is 0 Å². The van der Waals surface area contributed by atoms with Crippen molar-refractivity contribution in [2.45, 2.75) is 38.8 Å². The molecule has 0 radical (unpaired) electrons. The first-order chi connectivity index (χ1) is 12.0. The van der Waals surface area contributed by atoms with Crippen LogP contribution in [-0.2, 0) is 11.2 Å². The molecule has 1 aliphatic rings. The van der Waals surface area contributed by atoms with Gasteiger partial charge in [0.05, 0.1) is 17.8 Å². The Morgan fingerprint density at radius 2 is 2.36 bits per heavy atom. The minimum absolute atomic E-state index is 0.0392. The lowest BCUT2D eigenvalue weighted by Gasteiger charge is -2.37. The number of anilines is 1. The van der Waals surface area contributed by atoms with Gasteiger partial charge in [-0.25, -0.2) is 9.97 Å². The molecule has 1 saturated heterocycles. The second-order valence-corrected chi connectivity index (χ2v) is 7.93. The van der Waals surface area contributed by atoms with Crippen molar-refractivity contribution in [2.24, 2.45) is 0 Å². The summed E-state index contributed by atoms with van der Waals surface area (Å²) < 4.78 is 6.49. The van der Waals surface area contributed by atoms with E-state index in [9.17, 15) is 4.79 Å². The number of hydrogen-bond donors (Lipinski definition) is 2. The molecule has 0 saturated carbocycles. The number of nitrogens with one attached hydrogen (secondary N) is 2. The second-order valence-electron chi connectivity index (χ2n) is 6.07. The molecule has 136 valence electrons. The molecule has 7 nitrogen and oxygen atoms in total. The Hall–Kier alpha value is -1.20. The van der Waals surface area contributed by atoms with E-state index in [0.29, 0.717) is 12.4 Å². The molecule has 3 rings (SSSR count). The van der Waals surface area contributed by atoms with Crippen LogP contribution in [-0.4, -0.2) is 53.2 Å². The molecule has 1 unspecified atom stereocenters. The van der Waals surface area contributed by atoms with E-state index < -0.39 is 0 Å². The zero-order valence-electron chi connectivity index (χ0n) is 14.5. The van der Waals surface area contributed by atoms with Gasteiger partial charge >= 0.3 is 0 Å². The molecule has 1 aliphatic heterocycles. The summed E-state index contributed by atoms with van der Waals surface area (Å²) in [5, 5.41) is 6.14. The van der Waals surface area contributed by atoms with Crippen LogP contribution in [0.2, 0.25) is 0 Å². The molecule has 3 heterocycles. The van der Waals surface area contributed by atoms with Crippen molar-refractivity contribution >= 4 is 45.0 Å². The van der Waals surface area contributed by atoms with Crippen LogP contribution in [0, 0.1) is 10.6 Å². The van der Waals surface area contributed by atoms with Crippen LogP contribution < -0.4 is 10.2 Å². The van der Waals surface area contributed by atoms with E-state index in [1.807, 2.05) is 13.8 Å². The summed E-state index contributed by atoms with van der Waals surface area (Å²) in [4.78, 5) is 26.7. The number of carbonyl (C=O) groups is 1. The Balaban J connectivity index is 1.65. The van der Waals surface area contributed by atoms with Crippen LogP contribution in [0.3, 0.4) is 0 Å². The Kier molecular flexibility index (Phi) is 5.95. The molecule has 9 heteroatoms. The number of rotatable bonds is 5. The van der Waals surface area contributed by atoms with E-state index in [2.05, 4.69) is 53.1 Å². The van der Waals surface area contributed by atoms with Crippen molar-refractivity contribution < 1.29 is 9.53 Å². The lowest BCUT2D eigenvalue weighted by molar-refractivity contribution is 0.0538. The van der Waals surface area contributed by atoms with E-state index in [1.54, 1.807) is 18.4 Å². The fraction of sp³-hybridized carbons (Fsp3) is 0.562. The molecular weight excluding hydrogens is 453 g/mol. The highest BCUT2D eigenvalue weighted by molar-refractivity contribution is 14.1. The molecule has 1 fully saturated rings. The van der Waals surface area contributed by atoms with Crippen LogP contribution in [0.25, 0.3) is 0 Å². The quantitative estimate of drug-likeness (QED) is 0.649. The fourth-order valence-electron chi connectivity index (χ4n) is 2.95. The number of aryl methyl sites for hydroxylation is 2. The van der Waals surface area contributed by atoms with Gasteiger partial charge in [-0.1, -0.05) is 6.92 Å². The molecule has 2 aromatic rings. The molecule has 0 aromatic carbocycles. The molecule has 0 bridgehead atoms.